The summed E-state index contributed by atoms with van der Waals surface area (Å²) in [7, 11) is 8.11. The topological polar surface area (TPSA) is 124 Å². The first-order valence-electron chi connectivity index (χ1n) is 13.1. The molecule has 0 radical (unpaired) electrons. The number of hydrogen-bond acceptors (Lipinski definition) is 7. The first kappa shape index (κ1) is 31.0. The SMILES string of the molecule is COC(=O)C1=C(C)N(c2cccc(C(F)(F)F)c2)c2n[nH]c(=O)n2C1c1ccc(C#N)cc1C[N+](C)(C)CC(=O)N(C)C. The van der Waals surface area contributed by atoms with Gasteiger partial charge in [-0.15, -0.1) is 5.10 Å². The molecule has 1 unspecified atom stereocenters. The van der Waals surface area contributed by atoms with Gasteiger partial charge in [0.1, 0.15) is 12.6 Å². The van der Waals surface area contributed by atoms with Crippen LogP contribution in [0.25, 0.3) is 0 Å². The highest BCUT2D eigenvalue weighted by Gasteiger charge is 2.41. The quantitative estimate of drug-likeness (QED) is 0.327. The van der Waals surface area contributed by atoms with Crippen LogP contribution in [0.1, 0.15) is 35.2 Å². The van der Waals surface area contributed by atoms with E-state index in [4.69, 9.17) is 4.74 Å². The molecule has 1 amide bonds. The van der Waals surface area contributed by atoms with Crippen LogP contribution >= 0.6 is 0 Å². The van der Waals surface area contributed by atoms with Crippen molar-refractivity contribution >= 4 is 23.5 Å². The number of hydrogen-bond donors (Lipinski definition) is 1. The minimum absolute atomic E-state index is 0.0171. The Morgan fingerprint density at radius 3 is 2.49 bits per heavy atom. The van der Waals surface area contributed by atoms with Gasteiger partial charge in [0.2, 0.25) is 5.95 Å². The number of nitrogens with one attached hydrogen (secondary N) is 1. The van der Waals surface area contributed by atoms with Gasteiger partial charge >= 0.3 is 17.8 Å². The van der Waals surface area contributed by atoms with E-state index in [9.17, 15) is 32.8 Å². The highest BCUT2D eigenvalue weighted by molar-refractivity contribution is 5.93. The number of carbonyl (C=O) groups is 2. The summed E-state index contributed by atoms with van der Waals surface area (Å²) in [5.74, 6) is -0.992. The predicted molar refractivity (Wildman–Crippen MR) is 150 cm³/mol. The van der Waals surface area contributed by atoms with Gasteiger partial charge < -0.3 is 14.1 Å². The van der Waals surface area contributed by atoms with Gasteiger partial charge in [-0.25, -0.2) is 19.3 Å². The molecule has 3 aromatic rings. The van der Waals surface area contributed by atoms with Crippen molar-refractivity contribution in [1.29, 1.82) is 5.26 Å². The van der Waals surface area contributed by atoms with E-state index in [1.807, 2.05) is 14.1 Å². The molecule has 43 heavy (non-hydrogen) atoms. The summed E-state index contributed by atoms with van der Waals surface area (Å²) in [6.45, 7) is 1.88. The maximum absolute atomic E-state index is 13.6. The number of carbonyl (C=O) groups excluding carboxylic acids is 2. The van der Waals surface area contributed by atoms with E-state index in [0.29, 0.717) is 16.7 Å². The number of nitrogens with zero attached hydrogens (tertiary/aromatic N) is 6. The van der Waals surface area contributed by atoms with Crippen LogP contribution in [0.15, 0.2) is 58.5 Å². The zero-order valence-electron chi connectivity index (χ0n) is 24.5. The number of allylic oxidation sites excluding steroid dienone is 1. The van der Waals surface area contributed by atoms with Crippen molar-refractivity contribution in [3.05, 3.63) is 86.5 Å². The monoisotopic (exact) mass is 598 g/mol. The van der Waals surface area contributed by atoms with Gasteiger partial charge in [-0.05, 0) is 42.8 Å². The summed E-state index contributed by atoms with van der Waals surface area (Å²) < 4.78 is 47.3. The molecule has 0 spiro atoms. The van der Waals surface area contributed by atoms with Crippen LogP contribution in [0.3, 0.4) is 0 Å². The lowest BCUT2D eigenvalue weighted by atomic mass is 9.89. The zero-order valence-corrected chi connectivity index (χ0v) is 24.5. The molecule has 2 aromatic carbocycles. The number of rotatable bonds is 7. The molecule has 14 heteroatoms. The number of anilines is 2. The number of nitriles is 1. The number of amides is 1. The number of fused-ring (bicyclic) bond motifs is 1. The van der Waals surface area contributed by atoms with Crippen LogP contribution in [0.2, 0.25) is 0 Å². The van der Waals surface area contributed by atoms with Crippen molar-refractivity contribution in [3.8, 4) is 6.07 Å². The van der Waals surface area contributed by atoms with E-state index in [1.54, 1.807) is 26.2 Å². The fourth-order valence-electron chi connectivity index (χ4n) is 5.18. The van der Waals surface area contributed by atoms with Gasteiger partial charge in [-0.2, -0.15) is 18.4 Å². The molecule has 1 aliphatic rings. The Bertz CT molecular complexity index is 1710. The van der Waals surface area contributed by atoms with Gasteiger partial charge in [0.15, 0.2) is 6.54 Å². The maximum atomic E-state index is 13.6. The summed E-state index contributed by atoms with van der Waals surface area (Å²) in [6, 6.07) is 10.2. The molecule has 1 atom stereocenters. The zero-order chi connectivity index (χ0) is 31.9. The van der Waals surface area contributed by atoms with Crippen LogP contribution in [-0.2, 0) is 27.0 Å². The fourth-order valence-corrected chi connectivity index (χ4v) is 5.18. The molecule has 0 bridgehead atoms. The summed E-state index contributed by atoms with van der Waals surface area (Å²) in [5, 5.41) is 16.1. The van der Waals surface area contributed by atoms with Gasteiger partial charge in [-0.3, -0.25) is 9.69 Å². The van der Waals surface area contributed by atoms with E-state index < -0.39 is 29.4 Å². The number of alkyl halides is 3. The average molecular weight is 599 g/mol. The number of ether oxygens (including phenoxy) is 1. The number of likely N-dealkylation sites (N-methyl/N-ethyl adjacent to an activating group) is 2. The Labute approximate surface area is 245 Å². The molecule has 226 valence electrons. The molecule has 1 aliphatic heterocycles. The van der Waals surface area contributed by atoms with Crippen molar-refractivity contribution in [3.63, 3.8) is 0 Å². The Morgan fingerprint density at radius 1 is 1.19 bits per heavy atom. The van der Waals surface area contributed by atoms with Crippen molar-refractivity contribution < 1.29 is 32.0 Å². The largest absolute Gasteiger partial charge is 0.466 e. The number of halogens is 3. The van der Waals surface area contributed by atoms with Crippen molar-refractivity contribution in [1.82, 2.24) is 19.7 Å². The molecule has 0 saturated heterocycles. The fraction of sp³-hybridized carbons (Fsp3) is 0.345. The Hall–Kier alpha value is -4.90. The highest BCUT2D eigenvalue weighted by Crippen LogP contribution is 2.43. The van der Waals surface area contributed by atoms with E-state index in [-0.39, 0.29) is 46.4 Å². The molecule has 0 aliphatic carbocycles. The first-order valence-corrected chi connectivity index (χ1v) is 13.1. The highest BCUT2D eigenvalue weighted by atomic mass is 19.4. The Morgan fingerprint density at radius 2 is 1.88 bits per heavy atom. The molecular weight excluding hydrogens is 567 g/mol. The number of esters is 1. The van der Waals surface area contributed by atoms with Crippen molar-refractivity contribution in [2.24, 2.45) is 0 Å². The van der Waals surface area contributed by atoms with Crippen LogP contribution in [0.5, 0.6) is 0 Å². The average Bonchev–Trinajstić information content (AvgIpc) is 3.31. The van der Waals surface area contributed by atoms with Crippen LogP contribution in [-0.4, -0.2) is 77.9 Å². The normalized spacial score (nSPS) is 15.2. The molecule has 11 nitrogen and oxygen atoms in total. The minimum atomic E-state index is -4.64. The first-order chi connectivity index (χ1) is 20.1. The van der Waals surface area contributed by atoms with E-state index in [2.05, 4.69) is 16.3 Å². The second kappa shape index (κ2) is 11.4. The third kappa shape index (κ3) is 6.02. The predicted octanol–water partition coefficient (Wildman–Crippen LogP) is 3.31. The van der Waals surface area contributed by atoms with Crippen molar-refractivity contribution in [2.75, 3.05) is 46.7 Å². The molecule has 0 fully saturated rings. The van der Waals surface area contributed by atoms with E-state index in [1.165, 1.54) is 39.5 Å². The second-order valence-electron chi connectivity index (χ2n) is 11.0. The van der Waals surface area contributed by atoms with E-state index >= 15 is 0 Å². The number of aromatic nitrogens is 3. The number of benzene rings is 2. The van der Waals surface area contributed by atoms with Gasteiger partial charge in [0.25, 0.3) is 5.91 Å². The molecule has 1 N–H and O–H groups in total. The van der Waals surface area contributed by atoms with Gasteiger partial charge in [0.05, 0.1) is 44.0 Å². The smallest absolute Gasteiger partial charge is 0.416 e. The number of methoxy groups -OCH3 is 1. The summed E-state index contributed by atoms with van der Waals surface area (Å²) in [5.41, 5.74) is -0.113. The lowest BCUT2D eigenvalue weighted by Gasteiger charge is -2.37. The van der Waals surface area contributed by atoms with Gasteiger partial charge in [-0.1, -0.05) is 12.1 Å². The third-order valence-electron chi connectivity index (χ3n) is 7.21. The Balaban J connectivity index is 1.98. The van der Waals surface area contributed by atoms with E-state index in [0.717, 1.165) is 19.2 Å². The van der Waals surface area contributed by atoms with Crippen LogP contribution < -0.4 is 10.6 Å². The maximum Gasteiger partial charge on any atom is 0.416 e. The molecular formula is C29H31F3N7O4+. The second-order valence-corrected chi connectivity index (χ2v) is 11.0. The number of quaternary nitrogens is 1. The van der Waals surface area contributed by atoms with Crippen LogP contribution in [0, 0.1) is 11.3 Å². The van der Waals surface area contributed by atoms with Crippen molar-refractivity contribution in [2.45, 2.75) is 25.7 Å². The minimum Gasteiger partial charge on any atom is -0.466 e. The molecule has 2 heterocycles. The number of aromatic amines is 1. The Kier molecular flexibility index (Phi) is 8.24. The standard InChI is InChI=1S/C29H30F3N7O4/c1-17-24(26(41)43-6)25(22-11-10-18(14-33)12-19(22)15-39(4,5)16-23(40)36(2)3)38-27(34-35-28(38)42)37(17)21-9-7-8-20(13-21)29(30,31)32/h7-13,25H,15-16H2,1-6H3/p+1. The molecule has 1 aromatic heterocycles. The molecule has 4 rings (SSSR count). The van der Waals surface area contributed by atoms with Crippen LogP contribution in [0.4, 0.5) is 24.8 Å². The summed E-state index contributed by atoms with van der Waals surface area (Å²) >= 11 is 0. The lowest BCUT2D eigenvalue weighted by Crippen LogP contribution is -2.47. The summed E-state index contributed by atoms with van der Waals surface area (Å²) in [4.78, 5) is 42.0. The number of H-pyrrole nitrogens is 1. The lowest BCUT2D eigenvalue weighted by molar-refractivity contribution is -0.896. The molecule has 0 saturated carbocycles. The summed E-state index contributed by atoms with van der Waals surface area (Å²) in [6.07, 6.45) is -4.64. The van der Waals surface area contributed by atoms with Gasteiger partial charge in [0, 0.05) is 31.0 Å². The third-order valence-corrected chi connectivity index (χ3v) is 7.21.